The number of aromatic nitrogens is 3. The minimum Gasteiger partial charge on any atom is -0.374 e. The van der Waals surface area contributed by atoms with Gasteiger partial charge < -0.3 is 24.7 Å². The summed E-state index contributed by atoms with van der Waals surface area (Å²) in [4.78, 5) is 15.7. The van der Waals surface area contributed by atoms with Gasteiger partial charge in [-0.15, -0.1) is 5.10 Å². The summed E-state index contributed by atoms with van der Waals surface area (Å²) in [6.07, 6.45) is -0.794. The highest BCUT2D eigenvalue weighted by Gasteiger charge is 2.48. The van der Waals surface area contributed by atoms with Crippen LogP contribution in [0.3, 0.4) is 0 Å². The summed E-state index contributed by atoms with van der Waals surface area (Å²) in [5.74, 6) is -0.816. The van der Waals surface area contributed by atoms with Gasteiger partial charge in [-0.2, -0.15) is 0 Å². The van der Waals surface area contributed by atoms with E-state index >= 15 is 0 Å². The molecule has 9 heteroatoms. The number of nitrogens with two attached hydrogens (primary N) is 1. The van der Waals surface area contributed by atoms with Crippen molar-refractivity contribution in [1.29, 1.82) is 0 Å². The van der Waals surface area contributed by atoms with E-state index in [4.69, 9.17) is 24.7 Å². The van der Waals surface area contributed by atoms with Gasteiger partial charge in [-0.05, 0) is 16.7 Å². The second kappa shape index (κ2) is 12.6. The monoisotopic (exact) mass is 514 g/mol. The van der Waals surface area contributed by atoms with Gasteiger partial charge in [0.2, 0.25) is 5.82 Å². The maximum absolute atomic E-state index is 11.7. The van der Waals surface area contributed by atoms with Gasteiger partial charge in [0.1, 0.15) is 24.6 Å². The van der Waals surface area contributed by atoms with Crippen LogP contribution in [0.5, 0.6) is 0 Å². The third-order valence-electron chi connectivity index (χ3n) is 6.24. The third kappa shape index (κ3) is 6.51. The van der Waals surface area contributed by atoms with Crippen molar-refractivity contribution in [1.82, 2.24) is 14.8 Å². The number of carbonyl (C=O) groups is 1. The summed E-state index contributed by atoms with van der Waals surface area (Å²) in [7, 11) is 0. The molecule has 1 amide bonds. The van der Waals surface area contributed by atoms with Crippen LogP contribution in [0.2, 0.25) is 0 Å². The minimum atomic E-state index is -0.719. The van der Waals surface area contributed by atoms with E-state index in [1.165, 1.54) is 11.0 Å². The lowest BCUT2D eigenvalue weighted by atomic mass is 10.1. The number of ether oxygens (including phenoxy) is 4. The predicted octanol–water partition coefficient (Wildman–Crippen LogP) is 3.66. The highest BCUT2D eigenvalue weighted by molar-refractivity contribution is 5.88. The van der Waals surface area contributed by atoms with Crippen LogP contribution in [-0.2, 0) is 38.8 Å². The number of nitrogens with zero attached hydrogens (tertiary/aromatic N) is 3. The SMILES string of the molecule is NC(=O)c1ncn([C@@H]2O[C@H](COCc3ccccc3)[C@@H](OCc3ccccc3)[C@@H]2OCc2ccccc2)n1. The molecule has 1 saturated heterocycles. The summed E-state index contributed by atoms with van der Waals surface area (Å²) in [5.41, 5.74) is 8.48. The Hall–Kier alpha value is -3.89. The molecule has 196 valence electrons. The van der Waals surface area contributed by atoms with E-state index < -0.39 is 30.4 Å². The molecular weight excluding hydrogens is 484 g/mol. The van der Waals surface area contributed by atoms with Gasteiger partial charge in [-0.3, -0.25) is 4.79 Å². The fourth-order valence-corrected chi connectivity index (χ4v) is 4.35. The predicted molar refractivity (Wildman–Crippen MR) is 139 cm³/mol. The lowest BCUT2D eigenvalue weighted by molar-refractivity contribution is -0.0934. The first-order valence-corrected chi connectivity index (χ1v) is 12.5. The molecule has 0 spiro atoms. The molecule has 1 aliphatic heterocycles. The smallest absolute Gasteiger partial charge is 0.288 e. The normalized spacial score (nSPS) is 20.9. The van der Waals surface area contributed by atoms with Crippen LogP contribution in [-0.4, -0.2) is 45.6 Å². The summed E-state index contributed by atoms with van der Waals surface area (Å²) in [6, 6.07) is 29.7. The van der Waals surface area contributed by atoms with Crippen LogP contribution in [0.15, 0.2) is 97.3 Å². The molecule has 5 rings (SSSR count). The number of hydrogen-bond acceptors (Lipinski definition) is 7. The minimum absolute atomic E-state index is 0.0964. The zero-order chi connectivity index (χ0) is 26.2. The Kier molecular flexibility index (Phi) is 8.52. The summed E-state index contributed by atoms with van der Waals surface area (Å²) >= 11 is 0. The Morgan fingerprint density at radius 2 is 1.32 bits per heavy atom. The Balaban J connectivity index is 1.38. The number of benzene rings is 3. The van der Waals surface area contributed by atoms with Gasteiger partial charge in [-0.1, -0.05) is 91.0 Å². The Labute approximate surface area is 221 Å². The second-order valence-corrected chi connectivity index (χ2v) is 9.00. The second-order valence-electron chi connectivity index (χ2n) is 9.00. The molecule has 0 saturated carbocycles. The lowest BCUT2D eigenvalue weighted by Crippen LogP contribution is -2.38. The van der Waals surface area contributed by atoms with Crippen molar-refractivity contribution in [3.8, 4) is 0 Å². The number of rotatable bonds is 12. The molecule has 0 unspecified atom stereocenters. The van der Waals surface area contributed by atoms with Crippen LogP contribution >= 0.6 is 0 Å². The van der Waals surface area contributed by atoms with Gasteiger partial charge in [0.25, 0.3) is 5.91 Å². The van der Waals surface area contributed by atoms with Crippen molar-refractivity contribution in [2.24, 2.45) is 5.73 Å². The molecule has 0 bridgehead atoms. The van der Waals surface area contributed by atoms with E-state index in [0.717, 1.165) is 16.7 Å². The molecule has 0 aliphatic carbocycles. The van der Waals surface area contributed by atoms with Crippen molar-refractivity contribution in [3.63, 3.8) is 0 Å². The first-order chi connectivity index (χ1) is 18.7. The average Bonchev–Trinajstić information content (AvgIpc) is 3.58. The van der Waals surface area contributed by atoms with Crippen LogP contribution in [0.4, 0.5) is 0 Å². The van der Waals surface area contributed by atoms with Crippen LogP contribution < -0.4 is 5.73 Å². The average molecular weight is 515 g/mol. The topological polar surface area (TPSA) is 111 Å². The molecule has 3 aromatic carbocycles. The van der Waals surface area contributed by atoms with Crippen LogP contribution in [0, 0.1) is 0 Å². The highest BCUT2D eigenvalue weighted by Crippen LogP contribution is 2.35. The Morgan fingerprint density at radius 1 is 0.789 bits per heavy atom. The number of primary amides is 1. The maximum atomic E-state index is 11.7. The molecule has 9 nitrogen and oxygen atoms in total. The first-order valence-electron chi connectivity index (χ1n) is 12.5. The van der Waals surface area contributed by atoms with E-state index in [1.807, 2.05) is 91.0 Å². The van der Waals surface area contributed by atoms with E-state index in [-0.39, 0.29) is 12.4 Å². The van der Waals surface area contributed by atoms with Gasteiger partial charge >= 0.3 is 0 Å². The number of hydrogen-bond donors (Lipinski definition) is 1. The van der Waals surface area contributed by atoms with Gasteiger partial charge in [0, 0.05) is 0 Å². The third-order valence-corrected chi connectivity index (χ3v) is 6.24. The maximum Gasteiger partial charge on any atom is 0.288 e. The molecular formula is C29H30N4O5. The molecule has 1 fully saturated rings. The fraction of sp³-hybridized carbons (Fsp3) is 0.276. The summed E-state index contributed by atoms with van der Waals surface area (Å²) < 4.78 is 26.8. The van der Waals surface area contributed by atoms with Crippen LogP contribution in [0.25, 0.3) is 0 Å². The van der Waals surface area contributed by atoms with Gasteiger partial charge in [0.15, 0.2) is 6.23 Å². The molecule has 4 atom stereocenters. The molecule has 4 aromatic rings. The molecule has 1 aromatic heterocycles. The van der Waals surface area contributed by atoms with Crippen molar-refractivity contribution >= 4 is 5.91 Å². The molecule has 2 N–H and O–H groups in total. The van der Waals surface area contributed by atoms with Crippen LogP contribution in [0.1, 0.15) is 33.5 Å². The fourth-order valence-electron chi connectivity index (χ4n) is 4.35. The summed E-state index contributed by atoms with van der Waals surface area (Å²) in [5, 5.41) is 4.24. The van der Waals surface area contributed by atoms with Crippen molar-refractivity contribution < 1.29 is 23.7 Å². The van der Waals surface area contributed by atoms with E-state index in [9.17, 15) is 4.79 Å². The van der Waals surface area contributed by atoms with Gasteiger partial charge in [-0.25, -0.2) is 9.67 Å². The van der Waals surface area contributed by atoms with Crippen molar-refractivity contribution in [2.75, 3.05) is 6.61 Å². The largest absolute Gasteiger partial charge is 0.374 e. The van der Waals surface area contributed by atoms with E-state index in [2.05, 4.69) is 10.1 Å². The first kappa shape index (κ1) is 25.7. The van der Waals surface area contributed by atoms with Gasteiger partial charge in [0.05, 0.1) is 26.4 Å². The Bertz CT molecular complexity index is 1290. The van der Waals surface area contributed by atoms with E-state index in [0.29, 0.717) is 19.8 Å². The zero-order valence-corrected chi connectivity index (χ0v) is 20.8. The summed E-state index contributed by atoms with van der Waals surface area (Å²) in [6.45, 7) is 1.41. The molecule has 0 radical (unpaired) electrons. The lowest BCUT2D eigenvalue weighted by Gasteiger charge is -2.25. The molecule has 1 aliphatic rings. The zero-order valence-electron chi connectivity index (χ0n) is 20.8. The molecule has 2 heterocycles. The van der Waals surface area contributed by atoms with E-state index in [1.54, 1.807) is 0 Å². The molecule has 38 heavy (non-hydrogen) atoms. The van der Waals surface area contributed by atoms with Crippen molar-refractivity contribution in [3.05, 3.63) is 120 Å². The highest BCUT2D eigenvalue weighted by atomic mass is 16.6. The van der Waals surface area contributed by atoms with Crippen molar-refractivity contribution in [2.45, 2.75) is 44.4 Å². The standard InChI is InChI=1S/C29H30N4O5/c30-27(34)28-31-20-33(32-28)29-26(37-18-23-14-8-3-9-15-23)25(36-17-22-12-6-2-7-13-22)24(38-29)19-35-16-21-10-4-1-5-11-21/h1-15,20,24-26,29H,16-19H2,(H2,30,34)/t24-,25-,26+,29-/m1/s1. The number of amides is 1. The Morgan fingerprint density at radius 3 is 1.84 bits per heavy atom. The quantitative estimate of drug-likeness (QED) is 0.307. The number of carbonyl (C=O) groups excluding carboxylic acids is 1.